The fourth-order valence-electron chi connectivity index (χ4n) is 2.70. The van der Waals surface area contributed by atoms with E-state index in [1.165, 1.54) is 0 Å². The number of pyridine rings is 1. The molecule has 5 heteroatoms. The molecule has 1 aromatic rings. The summed E-state index contributed by atoms with van der Waals surface area (Å²) in [6, 6.07) is 5.62. The predicted octanol–water partition coefficient (Wildman–Crippen LogP) is 1.28. The number of aryl methyl sites for hydroxylation is 1. The highest BCUT2D eigenvalue weighted by Gasteiger charge is 2.20. The van der Waals surface area contributed by atoms with Gasteiger partial charge in [0, 0.05) is 25.3 Å². The second kappa shape index (κ2) is 8.10. The molecule has 0 unspecified atom stereocenters. The van der Waals surface area contributed by atoms with Crippen LogP contribution in [-0.4, -0.2) is 60.0 Å². The molecule has 5 nitrogen and oxygen atoms in total. The van der Waals surface area contributed by atoms with Gasteiger partial charge in [0.05, 0.1) is 0 Å². The van der Waals surface area contributed by atoms with E-state index in [1.807, 2.05) is 24.0 Å². The van der Waals surface area contributed by atoms with E-state index in [1.54, 1.807) is 6.07 Å². The molecule has 0 bridgehead atoms. The lowest BCUT2D eigenvalue weighted by atomic mass is 10.2. The molecule has 1 aliphatic heterocycles. The molecular weight excluding hydrogens is 264 g/mol. The van der Waals surface area contributed by atoms with Crippen molar-refractivity contribution in [3.8, 4) is 0 Å². The summed E-state index contributed by atoms with van der Waals surface area (Å²) < 4.78 is 0. The van der Waals surface area contributed by atoms with Gasteiger partial charge >= 0.3 is 0 Å². The van der Waals surface area contributed by atoms with Crippen LogP contribution in [-0.2, 0) is 0 Å². The minimum Gasteiger partial charge on any atom is -0.336 e. The van der Waals surface area contributed by atoms with E-state index >= 15 is 0 Å². The first-order chi connectivity index (χ1) is 10.2. The van der Waals surface area contributed by atoms with Crippen LogP contribution in [0.5, 0.6) is 0 Å². The third-order valence-corrected chi connectivity index (χ3v) is 3.91. The van der Waals surface area contributed by atoms with Crippen molar-refractivity contribution >= 4 is 5.91 Å². The van der Waals surface area contributed by atoms with Crippen molar-refractivity contribution in [1.82, 2.24) is 14.8 Å². The number of nitrogens with zero attached hydrogens (tertiary/aromatic N) is 3. The molecule has 0 spiro atoms. The Morgan fingerprint density at radius 2 is 2.10 bits per heavy atom. The van der Waals surface area contributed by atoms with Crippen LogP contribution in [0, 0.1) is 6.92 Å². The number of aromatic nitrogens is 1. The SMILES string of the molecule is Cc1cccc(C(=O)N2CCCN(CCCCN)CC2)n1. The molecule has 1 aromatic heterocycles. The highest BCUT2D eigenvalue weighted by atomic mass is 16.2. The third-order valence-electron chi connectivity index (χ3n) is 3.91. The van der Waals surface area contributed by atoms with Gasteiger partial charge in [-0.1, -0.05) is 6.07 Å². The van der Waals surface area contributed by atoms with Crippen LogP contribution in [0.15, 0.2) is 18.2 Å². The highest BCUT2D eigenvalue weighted by Crippen LogP contribution is 2.09. The molecule has 21 heavy (non-hydrogen) atoms. The van der Waals surface area contributed by atoms with Crippen molar-refractivity contribution in [3.05, 3.63) is 29.6 Å². The molecule has 1 saturated heterocycles. The van der Waals surface area contributed by atoms with Gasteiger partial charge < -0.3 is 15.5 Å². The van der Waals surface area contributed by atoms with Gasteiger partial charge in [0.2, 0.25) is 0 Å². The van der Waals surface area contributed by atoms with E-state index in [9.17, 15) is 4.79 Å². The van der Waals surface area contributed by atoms with E-state index in [-0.39, 0.29) is 5.91 Å². The van der Waals surface area contributed by atoms with E-state index in [4.69, 9.17) is 5.73 Å². The van der Waals surface area contributed by atoms with Crippen LogP contribution in [0.3, 0.4) is 0 Å². The van der Waals surface area contributed by atoms with Crippen LogP contribution >= 0.6 is 0 Å². The summed E-state index contributed by atoms with van der Waals surface area (Å²) in [4.78, 5) is 21.2. The van der Waals surface area contributed by atoms with Crippen molar-refractivity contribution in [2.24, 2.45) is 5.73 Å². The zero-order valence-corrected chi connectivity index (χ0v) is 12.9. The van der Waals surface area contributed by atoms with Gasteiger partial charge in [0.25, 0.3) is 5.91 Å². The number of carbonyl (C=O) groups is 1. The number of unbranched alkanes of at least 4 members (excludes halogenated alkanes) is 1. The van der Waals surface area contributed by atoms with E-state index in [2.05, 4.69) is 9.88 Å². The number of hydrogen-bond acceptors (Lipinski definition) is 4. The Morgan fingerprint density at radius 1 is 1.24 bits per heavy atom. The fraction of sp³-hybridized carbons (Fsp3) is 0.625. The van der Waals surface area contributed by atoms with Crippen LogP contribution in [0.4, 0.5) is 0 Å². The van der Waals surface area contributed by atoms with Gasteiger partial charge in [0.15, 0.2) is 0 Å². The van der Waals surface area contributed by atoms with Crippen LogP contribution in [0.1, 0.15) is 35.4 Å². The lowest BCUT2D eigenvalue weighted by Gasteiger charge is -2.21. The average molecular weight is 290 g/mol. The first-order valence-electron chi connectivity index (χ1n) is 7.86. The molecule has 2 rings (SSSR count). The Hall–Kier alpha value is -1.46. The Morgan fingerprint density at radius 3 is 2.86 bits per heavy atom. The van der Waals surface area contributed by atoms with Gasteiger partial charge in [0.1, 0.15) is 5.69 Å². The van der Waals surface area contributed by atoms with Crippen LogP contribution in [0.2, 0.25) is 0 Å². The largest absolute Gasteiger partial charge is 0.336 e. The maximum atomic E-state index is 12.5. The zero-order valence-electron chi connectivity index (χ0n) is 12.9. The summed E-state index contributed by atoms with van der Waals surface area (Å²) in [5.74, 6) is 0.0579. The van der Waals surface area contributed by atoms with E-state index < -0.39 is 0 Å². The molecule has 2 heterocycles. The third kappa shape index (κ3) is 4.79. The molecule has 116 valence electrons. The van der Waals surface area contributed by atoms with Crippen molar-refractivity contribution < 1.29 is 4.79 Å². The monoisotopic (exact) mass is 290 g/mol. The standard InChI is InChI=1S/C16H26N4O/c1-14-6-4-7-15(18-14)16(21)20-11-5-10-19(12-13-20)9-3-2-8-17/h4,6-7H,2-3,5,8-13,17H2,1H3. The maximum Gasteiger partial charge on any atom is 0.272 e. The Kier molecular flexibility index (Phi) is 6.14. The van der Waals surface area contributed by atoms with Gasteiger partial charge in [-0.2, -0.15) is 0 Å². The molecule has 2 N–H and O–H groups in total. The predicted molar refractivity (Wildman–Crippen MR) is 84.2 cm³/mol. The number of rotatable bonds is 5. The first kappa shape index (κ1) is 15.9. The van der Waals surface area contributed by atoms with Gasteiger partial charge in [-0.15, -0.1) is 0 Å². The number of nitrogens with two attached hydrogens (primary N) is 1. The highest BCUT2D eigenvalue weighted by molar-refractivity contribution is 5.92. The minimum absolute atomic E-state index is 0.0579. The van der Waals surface area contributed by atoms with Crippen molar-refractivity contribution in [2.45, 2.75) is 26.2 Å². The van der Waals surface area contributed by atoms with Crippen molar-refractivity contribution in [3.63, 3.8) is 0 Å². The Balaban J connectivity index is 1.89. The molecule has 0 atom stereocenters. The minimum atomic E-state index is 0.0579. The van der Waals surface area contributed by atoms with Gasteiger partial charge in [-0.05, 0) is 58.0 Å². The number of hydrogen-bond donors (Lipinski definition) is 1. The normalized spacial score (nSPS) is 16.8. The lowest BCUT2D eigenvalue weighted by Crippen LogP contribution is -2.36. The molecule has 1 aliphatic rings. The number of amides is 1. The second-order valence-electron chi connectivity index (χ2n) is 5.65. The average Bonchev–Trinajstić information content (AvgIpc) is 2.72. The molecule has 0 aromatic carbocycles. The zero-order chi connectivity index (χ0) is 15.1. The first-order valence-corrected chi connectivity index (χ1v) is 7.86. The molecule has 0 radical (unpaired) electrons. The molecule has 1 amide bonds. The molecule has 0 saturated carbocycles. The molecular formula is C16H26N4O. The van der Waals surface area contributed by atoms with Gasteiger partial charge in [-0.25, -0.2) is 4.98 Å². The Labute approximate surface area is 127 Å². The number of carbonyl (C=O) groups excluding carboxylic acids is 1. The topological polar surface area (TPSA) is 62.5 Å². The summed E-state index contributed by atoms with van der Waals surface area (Å²) in [5.41, 5.74) is 6.98. The summed E-state index contributed by atoms with van der Waals surface area (Å²) in [6.07, 6.45) is 3.25. The lowest BCUT2D eigenvalue weighted by molar-refractivity contribution is 0.0755. The molecule has 0 aliphatic carbocycles. The summed E-state index contributed by atoms with van der Waals surface area (Å²) in [5, 5.41) is 0. The summed E-state index contributed by atoms with van der Waals surface area (Å²) in [7, 11) is 0. The van der Waals surface area contributed by atoms with Crippen LogP contribution in [0.25, 0.3) is 0 Å². The van der Waals surface area contributed by atoms with E-state index in [0.717, 1.165) is 64.2 Å². The summed E-state index contributed by atoms with van der Waals surface area (Å²) >= 11 is 0. The van der Waals surface area contributed by atoms with Crippen molar-refractivity contribution in [2.75, 3.05) is 39.3 Å². The summed E-state index contributed by atoms with van der Waals surface area (Å²) in [6.45, 7) is 7.38. The maximum absolute atomic E-state index is 12.5. The smallest absolute Gasteiger partial charge is 0.272 e. The van der Waals surface area contributed by atoms with Gasteiger partial charge in [-0.3, -0.25) is 4.79 Å². The van der Waals surface area contributed by atoms with Crippen LogP contribution < -0.4 is 5.73 Å². The van der Waals surface area contributed by atoms with E-state index in [0.29, 0.717) is 5.69 Å². The quantitative estimate of drug-likeness (QED) is 0.830. The molecule has 1 fully saturated rings. The fourth-order valence-corrected chi connectivity index (χ4v) is 2.70. The van der Waals surface area contributed by atoms with Crippen molar-refractivity contribution in [1.29, 1.82) is 0 Å². The second-order valence-corrected chi connectivity index (χ2v) is 5.65. The Bertz CT molecular complexity index is 463.